The molecule has 0 atom stereocenters. The van der Waals surface area contributed by atoms with Gasteiger partial charge in [-0.25, -0.2) is 4.98 Å². The van der Waals surface area contributed by atoms with Gasteiger partial charge in [0, 0.05) is 28.2 Å². The lowest BCUT2D eigenvalue weighted by Crippen LogP contribution is -2.15. The maximum absolute atomic E-state index is 13.0. The lowest BCUT2D eigenvalue weighted by molar-refractivity contribution is -0.137. The standard InChI is InChI=1S/C18H16F3N3OS2/c1-3-26-14-11-6-4-5-7-13(11)27-15(14)17(25)24-12-8-10(18(19,20)21)9-23-16(12)22-2/h4-9H,3H2,1-2H3,(H,22,23)(H,24,25). The van der Waals surface area contributed by atoms with Gasteiger partial charge in [0.1, 0.15) is 10.7 Å². The van der Waals surface area contributed by atoms with E-state index in [0.717, 1.165) is 33.0 Å². The molecule has 2 N–H and O–H groups in total. The fourth-order valence-electron chi connectivity index (χ4n) is 2.55. The average Bonchev–Trinajstić information content (AvgIpc) is 3.00. The second-order valence-corrected chi connectivity index (χ2v) is 7.84. The number of pyridine rings is 1. The van der Waals surface area contributed by atoms with Crippen molar-refractivity contribution in [2.24, 2.45) is 0 Å². The highest BCUT2D eigenvalue weighted by Crippen LogP contribution is 2.39. The molecule has 0 aliphatic heterocycles. The number of hydrogen-bond acceptors (Lipinski definition) is 5. The van der Waals surface area contributed by atoms with Gasteiger partial charge in [0.05, 0.1) is 11.3 Å². The smallest absolute Gasteiger partial charge is 0.371 e. The molecular formula is C18H16F3N3OS2. The minimum Gasteiger partial charge on any atom is -0.371 e. The van der Waals surface area contributed by atoms with Crippen LogP contribution >= 0.6 is 23.1 Å². The van der Waals surface area contributed by atoms with Crippen LogP contribution in [0.2, 0.25) is 0 Å². The Morgan fingerprint density at radius 3 is 2.70 bits per heavy atom. The number of aromatic nitrogens is 1. The highest BCUT2D eigenvalue weighted by Gasteiger charge is 2.32. The number of nitrogens with one attached hydrogen (secondary N) is 2. The molecule has 0 aliphatic rings. The first kappa shape index (κ1) is 19.5. The van der Waals surface area contributed by atoms with Crippen molar-refractivity contribution in [1.29, 1.82) is 0 Å². The Morgan fingerprint density at radius 2 is 2.04 bits per heavy atom. The second-order valence-electron chi connectivity index (χ2n) is 5.51. The third-order valence-corrected chi connectivity index (χ3v) is 6.05. The van der Waals surface area contributed by atoms with E-state index in [0.29, 0.717) is 4.88 Å². The van der Waals surface area contributed by atoms with Crippen LogP contribution in [0.3, 0.4) is 0 Å². The van der Waals surface area contributed by atoms with Crippen molar-refractivity contribution in [2.45, 2.75) is 18.0 Å². The second kappa shape index (κ2) is 7.77. The molecule has 2 heterocycles. The van der Waals surface area contributed by atoms with E-state index >= 15 is 0 Å². The minimum atomic E-state index is -4.54. The Labute approximate surface area is 162 Å². The monoisotopic (exact) mass is 411 g/mol. The number of thioether (sulfide) groups is 1. The number of alkyl halides is 3. The minimum absolute atomic E-state index is 0.0118. The van der Waals surface area contributed by atoms with E-state index in [1.165, 1.54) is 30.1 Å². The van der Waals surface area contributed by atoms with Crippen molar-refractivity contribution < 1.29 is 18.0 Å². The van der Waals surface area contributed by atoms with Crippen molar-refractivity contribution >= 4 is 50.6 Å². The Bertz CT molecular complexity index is 986. The maximum Gasteiger partial charge on any atom is 0.417 e. The summed E-state index contributed by atoms with van der Waals surface area (Å²) in [6.07, 6.45) is -3.81. The fraction of sp³-hybridized carbons (Fsp3) is 0.222. The molecular weight excluding hydrogens is 395 g/mol. The topological polar surface area (TPSA) is 54.0 Å². The van der Waals surface area contributed by atoms with Gasteiger partial charge in [-0.15, -0.1) is 23.1 Å². The quantitative estimate of drug-likeness (QED) is 0.527. The SMILES string of the molecule is CCSc1c(C(=O)Nc2cc(C(F)(F)F)cnc2NC)sc2ccccc12. The van der Waals surface area contributed by atoms with Crippen molar-refractivity contribution in [1.82, 2.24) is 4.98 Å². The summed E-state index contributed by atoms with van der Waals surface area (Å²) < 4.78 is 39.9. The fourth-order valence-corrected chi connectivity index (χ4v) is 4.76. The molecule has 0 bridgehead atoms. The first-order chi connectivity index (χ1) is 12.8. The largest absolute Gasteiger partial charge is 0.417 e. The van der Waals surface area contributed by atoms with Crippen LogP contribution < -0.4 is 10.6 Å². The zero-order valence-electron chi connectivity index (χ0n) is 14.5. The normalized spacial score (nSPS) is 11.6. The number of hydrogen-bond donors (Lipinski definition) is 2. The van der Waals surface area contributed by atoms with Gasteiger partial charge in [-0.2, -0.15) is 13.2 Å². The summed E-state index contributed by atoms with van der Waals surface area (Å²) in [7, 11) is 1.53. The molecule has 3 rings (SSSR count). The average molecular weight is 411 g/mol. The van der Waals surface area contributed by atoms with Crippen LogP contribution in [0.4, 0.5) is 24.7 Å². The summed E-state index contributed by atoms with van der Waals surface area (Å²) in [6, 6.07) is 8.52. The number of anilines is 2. The van der Waals surface area contributed by atoms with E-state index in [1.54, 1.807) is 0 Å². The Hall–Kier alpha value is -2.26. The van der Waals surface area contributed by atoms with Crippen LogP contribution in [-0.4, -0.2) is 23.7 Å². The van der Waals surface area contributed by atoms with Gasteiger partial charge in [-0.1, -0.05) is 25.1 Å². The lowest BCUT2D eigenvalue weighted by Gasteiger charge is -2.13. The number of amides is 1. The first-order valence-electron chi connectivity index (χ1n) is 8.05. The molecule has 0 aliphatic carbocycles. The number of carbonyl (C=O) groups is 1. The number of carbonyl (C=O) groups excluding carboxylic acids is 1. The summed E-state index contributed by atoms with van der Waals surface area (Å²) in [5, 5.41) is 6.25. The summed E-state index contributed by atoms with van der Waals surface area (Å²) in [5.41, 5.74) is -0.932. The Balaban J connectivity index is 2.01. The molecule has 3 aromatic rings. The maximum atomic E-state index is 13.0. The van der Waals surface area contributed by atoms with Crippen LogP contribution in [0, 0.1) is 0 Å². The van der Waals surface area contributed by atoms with Crippen LogP contribution in [-0.2, 0) is 6.18 Å². The predicted octanol–water partition coefficient (Wildman–Crippen LogP) is 5.72. The summed E-state index contributed by atoms with van der Waals surface area (Å²) >= 11 is 2.85. The molecule has 0 saturated carbocycles. The molecule has 2 aromatic heterocycles. The Morgan fingerprint density at radius 1 is 1.30 bits per heavy atom. The summed E-state index contributed by atoms with van der Waals surface area (Å²) in [6.45, 7) is 1.98. The molecule has 4 nitrogen and oxygen atoms in total. The number of benzene rings is 1. The van der Waals surface area contributed by atoms with Crippen molar-refractivity contribution in [3.63, 3.8) is 0 Å². The van der Waals surface area contributed by atoms with Gasteiger partial charge in [-0.3, -0.25) is 4.79 Å². The third kappa shape index (κ3) is 4.03. The van der Waals surface area contributed by atoms with E-state index in [1.807, 2.05) is 31.2 Å². The van der Waals surface area contributed by atoms with Crippen molar-refractivity contribution in [2.75, 3.05) is 23.4 Å². The van der Waals surface area contributed by atoms with Gasteiger partial charge in [0.25, 0.3) is 5.91 Å². The molecule has 9 heteroatoms. The predicted molar refractivity (Wildman–Crippen MR) is 105 cm³/mol. The number of thiophene rings is 1. The number of halogens is 3. The molecule has 1 amide bonds. The number of nitrogens with zero attached hydrogens (tertiary/aromatic N) is 1. The molecule has 27 heavy (non-hydrogen) atoms. The van der Waals surface area contributed by atoms with Crippen LogP contribution in [0.1, 0.15) is 22.2 Å². The molecule has 0 fully saturated rings. The molecule has 1 aromatic carbocycles. The Kier molecular flexibility index (Phi) is 5.61. The van der Waals surface area contributed by atoms with Gasteiger partial charge in [0.15, 0.2) is 0 Å². The van der Waals surface area contributed by atoms with Gasteiger partial charge in [-0.05, 0) is 17.9 Å². The van der Waals surface area contributed by atoms with E-state index < -0.39 is 17.6 Å². The van der Waals surface area contributed by atoms with E-state index in [-0.39, 0.29) is 11.5 Å². The first-order valence-corrected chi connectivity index (χ1v) is 9.86. The molecule has 0 saturated heterocycles. The molecule has 0 unspecified atom stereocenters. The van der Waals surface area contributed by atoms with Crippen molar-refractivity contribution in [3.05, 3.63) is 47.0 Å². The molecule has 0 spiro atoms. The van der Waals surface area contributed by atoms with E-state index in [2.05, 4.69) is 15.6 Å². The lowest BCUT2D eigenvalue weighted by atomic mass is 10.2. The summed E-state index contributed by atoms with van der Waals surface area (Å²) in [5.74, 6) is 0.486. The third-order valence-electron chi connectivity index (χ3n) is 3.74. The van der Waals surface area contributed by atoms with Gasteiger partial charge in [0.2, 0.25) is 0 Å². The highest BCUT2D eigenvalue weighted by molar-refractivity contribution is 7.99. The van der Waals surface area contributed by atoms with Crippen LogP contribution in [0.25, 0.3) is 10.1 Å². The zero-order valence-corrected chi connectivity index (χ0v) is 16.1. The van der Waals surface area contributed by atoms with Crippen LogP contribution in [0.15, 0.2) is 41.4 Å². The van der Waals surface area contributed by atoms with E-state index in [9.17, 15) is 18.0 Å². The van der Waals surface area contributed by atoms with Gasteiger partial charge >= 0.3 is 6.18 Å². The highest BCUT2D eigenvalue weighted by atomic mass is 32.2. The summed E-state index contributed by atoms with van der Waals surface area (Å²) in [4.78, 5) is 17.9. The molecule has 0 radical (unpaired) electrons. The van der Waals surface area contributed by atoms with Gasteiger partial charge < -0.3 is 10.6 Å². The van der Waals surface area contributed by atoms with Crippen LogP contribution in [0.5, 0.6) is 0 Å². The number of rotatable bonds is 5. The van der Waals surface area contributed by atoms with E-state index in [4.69, 9.17) is 0 Å². The molecule has 142 valence electrons. The zero-order chi connectivity index (χ0) is 19.6. The number of fused-ring (bicyclic) bond motifs is 1. The van der Waals surface area contributed by atoms with Crippen molar-refractivity contribution in [3.8, 4) is 0 Å².